The van der Waals surface area contributed by atoms with E-state index in [0.717, 1.165) is 13.2 Å². The molecule has 0 amide bonds. The molecular weight excluding hydrogens is 124 g/mol. The topological polar surface area (TPSA) is 66.8 Å². The molecule has 1 unspecified atom stereocenters. The number of hydrogen-bond acceptors (Lipinski definition) is 3. The van der Waals surface area contributed by atoms with Gasteiger partial charge in [-0.25, -0.2) is 4.79 Å². The predicted molar refractivity (Wildman–Crippen MR) is 29.5 cm³/mol. The number of carboxylic acids is 1. The van der Waals surface area contributed by atoms with Crippen LogP contribution >= 0.6 is 0 Å². The SMILES string of the molecule is C=COC(C)(O)C(=O)O. The molecule has 4 nitrogen and oxygen atoms in total. The fraction of sp³-hybridized carbons (Fsp3) is 0.400. The zero-order chi connectivity index (χ0) is 7.49. The van der Waals surface area contributed by atoms with Gasteiger partial charge in [-0.3, -0.25) is 0 Å². The van der Waals surface area contributed by atoms with Crippen molar-refractivity contribution in [3.8, 4) is 0 Å². The van der Waals surface area contributed by atoms with E-state index in [9.17, 15) is 4.79 Å². The van der Waals surface area contributed by atoms with E-state index >= 15 is 0 Å². The van der Waals surface area contributed by atoms with E-state index in [1.54, 1.807) is 0 Å². The summed E-state index contributed by atoms with van der Waals surface area (Å²) in [5.74, 6) is -3.59. The molecule has 0 saturated heterocycles. The van der Waals surface area contributed by atoms with Crippen molar-refractivity contribution in [1.29, 1.82) is 0 Å². The average molecular weight is 132 g/mol. The van der Waals surface area contributed by atoms with Crippen molar-refractivity contribution in [2.75, 3.05) is 0 Å². The van der Waals surface area contributed by atoms with Gasteiger partial charge >= 0.3 is 11.8 Å². The Labute approximate surface area is 52.4 Å². The Hall–Kier alpha value is -1.03. The Morgan fingerprint density at radius 2 is 2.33 bits per heavy atom. The van der Waals surface area contributed by atoms with Gasteiger partial charge in [0.2, 0.25) is 0 Å². The van der Waals surface area contributed by atoms with E-state index in [1.165, 1.54) is 0 Å². The summed E-state index contributed by atoms with van der Waals surface area (Å²) in [6.45, 7) is 4.09. The molecule has 9 heavy (non-hydrogen) atoms. The lowest BCUT2D eigenvalue weighted by atomic mass is 10.3. The predicted octanol–water partition coefficient (Wildman–Crippen LogP) is -0.0604. The summed E-state index contributed by atoms with van der Waals surface area (Å²) in [5.41, 5.74) is 0. The smallest absolute Gasteiger partial charge is 0.376 e. The molecule has 1 atom stereocenters. The summed E-state index contributed by atoms with van der Waals surface area (Å²) >= 11 is 0. The Kier molecular flexibility index (Phi) is 2.21. The molecule has 0 rings (SSSR count). The van der Waals surface area contributed by atoms with Crippen molar-refractivity contribution in [1.82, 2.24) is 0 Å². The molecule has 52 valence electrons. The molecular formula is C5H8O4. The second-order valence-corrected chi connectivity index (χ2v) is 1.57. The van der Waals surface area contributed by atoms with E-state index in [0.29, 0.717) is 0 Å². The van der Waals surface area contributed by atoms with Crippen LogP contribution in [0.4, 0.5) is 0 Å². The van der Waals surface area contributed by atoms with Gasteiger partial charge in [0.25, 0.3) is 0 Å². The summed E-state index contributed by atoms with van der Waals surface area (Å²) in [6.07, 6.45) is 0.869. The van der Waals surface area contributed by atoms with Crippen LogP contribution in [0.15, 0.2) is 12.8 Å². The maximum Gasteiger partial charge on any atom is 0.376 e. The summed E-state index contributed by atoms with van der Waals surface area (Å²) in [6, 6.07) is 0. The third-order valence-corrected chi connectivity index (χ3v) is 0.710. The summed E-state index contributed by atoms with van der Waals surface area (Å²) in [7, 11) is 0. The molecule has 0 aromatic heterocycles. The third-order valence-electron chi connectivity index (χ3n) is 0.710. The minimum Gasteiger partial charge on any atom is -0.476 e. The lowest BCUT2D eigenvalue weighted by molar-refractivity contribution is -0.198. The van der Waals surface area contributed by atoms with Crippen LogP contribution in [-0.4, -0.2) is 22.0 Å². The normalized spacial score (nSPS) is 15.8. The van der Waals surface area contributed by atoms with Crippen molar-refractivity contribution >= 4 is 5.97 Å². The number of carboxylic acid groups (broad SMARTS) is 1. The van der Waals surface area contributed by atoms with Crippen LogP contribution in [0, 0.1) is 0 Å². The van der Waals surface area contributed by atoms with Crippen LogP contribution in [-0.2, 0) is 9.53 Å². The summed E-state index contributed by atoms with van der Waals surface area (Å²) in [5, 5.41) is 16.8. The molecule has 0 saturated carbocycles. The Morgan fingerprint density at radius 1 is 1.89 bits per heavy atom. The Morgan fingerprint density at radius 3 is 2.44 bits per heavy atom. The van der Waals surface area contributed by atoms with Gasteiger partial charge in [0.1, 0.15) is 0 Å². The molecule has 0 bridgehead atoms. The monoisotopic (exact) mass is 132 g/mol. The minimum absolute atomic E-state index is 0.869. The van der Waals surface area contributed by atoms with Gasteiger partial charge in [0, 0.05) is 6.92 Å². The van der Waals surface area contributed by atoms with Crippen molar-refractivity contribution in [2.45, 2.75) is 12.7 Å². The highest BCUT2D eigenvalue weighted by Crippen LogP contribution is 2.04. The van der Waals surface area contributed by atoms with Crippen molar-refractivity contribution in [2.24, 2.45) is 0 Å². The number of ether oxygens (including phenoxy) is 1. The van der Waals surface area contributed by atoms with Gasteiger partial charge in [-0.1, -0.05) is 6.58 Å². The first-order chi connectivity index (χ1) is 4.00. The second-order valence-electron chi connectivity index (χ2n) is 1.57. The Balaban J connectivity index is 4.00. The number of rotatable bonds is 3. The molecule has 0 aliphatic carbocycles. The van der Waals surface area contributed by atoms with Crippen LogP contribution < -0.4 is 0 Å². The quantitative estimate of drug-likeness (QED) is 0.417. The lowest BCUT2D eigenvalue weighted by Gasteiger charge is -2.15. The van der Waals surface area contributed by atoms with Crippen molar-refractivity contribution < 1.29 is 19.7 Å². The van der Waals surface area contributed by atoms with E-state index in [-0.39, 0.29) is 0 Å². The molecule has 0 aromatic carbocycles. The van der Waals surface area contributed by atoms with E-state index in [4.69, 9.17) is 10.2 Å². The van der Waals surface area contributed by atoms with Crippen LogP contribution in [0.2, 0.25) is 0 Å². The van der Waals surface area contributed by atoms with Gasteiger partial charge in [0.05, 0.1) is 6.26 Å². The van der Waals surface area contributed by atoms with E-state index < -0.39 is 11.8 Å². The fourth-order valence-corrected chi connectivity index (χ4v) is 0.213. The standard InChI is InChI=1S/C5H8O4/c1-3-9-5(2,8)4(6)7/h3,8H,1H2,2H3,(H,6,7). The highest BCUT2D eigenvalue weighted by molar-refractivity contribution is 5.74. The zero-order valence-corrected chi connectivity index (χ0v) is 5.00. The molecule has 0 spiro atoms. The molecule has 0 radical (unpaired) electrons. The molecule has 0 heterocycles. The molecule has 0 aromatic rings. The highest BCUT2D eigenvalue weighted by atomic mass is 16.6. The molecule has 0 aliphatic heterocycles. The van der Waals surface area contributed by atoms with Crippen LogP contribution in [0.1, 0.15) is 6.92 Å². The first kappa shape index (κ1) is 7.97. The molecule has 0 fully saturated rings. The number of hydrogen-bond donors (Lipinski definition) is 2. The molecule has 4 heteroatoms. The van der Waals surface area contributed by atoms with E-state index in [1.807, 2.05) is 0 Å². The first-order valence-corrected chi connectivity index (χ1v) is 2.25. The molecule has 0 aliphatic rings. The minimum atomic E-state index is -2.15. The fourth-order valence-electron chi connectivity index (χ4n) is 0.213. The summed E-state index contributed by atoms with van der Waals surface area (Å²) < 4.78 is 4.21. The Bertz CT molecular complexity index is 127. The average Bonchev–Trinajstić information content (AvgIpc) is 1.65. The van der Waals surface area contributed by atoms with Gasteiger partial charge in [0.15, 0.2) is 0 Å². The van der Waals surface area contributed by atoms with Crippen molar-refractivity contribution in [3.63, 3.8) is 0 Å². The third kappa shape index (κ3) is 2.14. The maximum atomic E-state index is 9.99. The van der Waals surface area contributed by atoms with Crippen LogP contribution in [0.3, 0.4) is 0 Å². The van der Waals surface area contributed by atoms with E-state index in [2.05, 4.69) is 11.3 Å². The van der Waals surface area contributed by atoms with Crippen LogP contribution in [0.5, 0.6) is 0 Å². The van der Waals surface area contributed by atoms with Gasteiger partial charge < -0.3 is 14.9 Å². The summed E-state index contributed by atoms with van der Waals surface area (Å²) in [4.78, 5) is 9.99. The van der Waals surface area contributed by atoms with Gasteiger partial charge in [-0.05, 0) is 0 Å². The molecule has 2 N–H and O–H groups in total. The second kappa shape index (κ2) is 2.50. The van der Waals surface area contributed by atoms with Crippen LogP contribution in [0.25, 0.3) is 0 Å². The number of carbonyl (C=O) groups is 1. The lowest BCUT2D eigenvalue weighted by Crippen LogP contribution is -2.36. The van der Waals surface area contributed by atoms with Gasteiger partial charge in [-0.15, -0.1) is 0 Å². The number of aliphatic carboxylic acids is 1. The first-order valence-electron chi connectivity index (χ1n) is 2.25. The maximum absolute atomic E-state index is 9.99. The highest BCUT2D eigenvalue weighted by Gasteiger charge is 2.30. The zero-order valence-electron chi connectivity index (χ0n) is 5.00. The van der Waals surface area contributed by atoms with Crippen molar-refractivity contribution in [3.05, 3.63) is 12.8 Å². The van der Waals surface area contributed by atoms with Gasteiger partial charge in [-0.2, -0.15) is 0 Å². The largest absolute Gasteiger partial charge is 0.476 e. The number of aliphatic hydroxyl groups is 1.